The average Bonchev–Trinajstić information content (AvgIpc) is 2.38. The van der Waals surface area contributed by atoms with Crippen LogP contribution in [-0.2, 0) is 0 Å². The summed E-state index contributed by atoms with van der Waals surface area (Å²) < 4.78 is 0.508. The molecule has 1 heterocycles. The van der Waals surface area contributed by atoms with Gasteiger partial charge in [0.15, 0.2) is 0 Å². The van der Waals surface area contributed by atoms with E-state index < -0.39 is 0 Å². The predicted octanol–water partition coefficient (Wildman–Crippen LogP) is 3.82. The number of benzene rings is 1. The molecule has 1 N–H and O–H groups in total. The Morgan fingerprint density at radius 2 is 2.10 bits per heavy atom. The van der Waals surface area contributed by atoms with E-state index in [9.17, 15) is 4.79 Å². The summed E-state index contributed by atoms with van der Waals surface area (Å²) in [6, 6.07) is 8.79. The molecule has 0 atom stereocenters. The first-order valence-corrected chi connectivity index (χ1v) is 7.05. The number of nitrogens with zero attached hydrogens (tertiary/aromatic N) is 2. The number of anilines is 2. The van der Waals surface area contributed by atoms with Gasteiger partial charge in [0.25, 0.3) is 5.91 Å². The van der Waals surface area contributed by atoms with Gasteiger partial charge in [0.05, 0.1) is 16.3 Å². The first kappa shape index (κ1) is 14.8. The van der Waals surface area contributed by atoms with Crippen molar-refractivity contribution in [2.24, 2.45) is 0 Å². The minimum absolute atomic E-state index is 0.237. The summed E-state index contributed by atoms with van der Waals surface area (Å²) in [4.78, 5) is 18.1. The maximum absolute atomic E-state index is 12.1. The molecule has 0 aliphatic heterocycles. The number of halogens is 2. The number of nitrogens with one attached hydrogen (secondary N) is 1. The van der Waals surface area contributed by atoms with Crippen LogP contribution in [-0.4, -0.2) is 25.0 Å². The third-order valence-electron chi connectivity index (χ3n) is 2.69. The molecule has 0 unspecified atom stereocenters. The Labute approximate surface area is 130 Å². The van der Waals surface area contributed by atoms with Gasteiger partial charge < -0.3 is 10.2 Å². The predicted molar refractivity (Wildman–Crippen MR) is 85.7 cm³/mol. The van der Waals surface area contributed by atoms with E-state index >= 15 is 0 Å². The average molecular weight is 355 g/mol. The SMILES string of the molecule is CN(C)c1ccc(NC(=O)c2cccnc2Br)cc1Cl. The van der Waals surface area contributed by atoms with Gasteiger partial charge in [-0.1, -0.05) is 11.6 Å². The number of amides is 1. The zero-order chi connectivity index (χ0) is 14.7. The Bertz CT molecular complexity index is 646. The lowest BCUT2D eigenvalue weighted by Gasteiger charge is -2.15. The molecule has 1 amide bonds. The molecule has 0 bridgehead atoms. The first-order valence-electron chi connectivity index (χ1n) is 5.88. The maximum Gasteiger partial charge on any atom is 0.258 e. The number of hydrogen-bond donors (Lipinski definition) is 1. The van der Waals surface area contributed by atoms with E-state index in [1.165, 1.54) is 0 Å². The molecule has 0 saturated heterocycles. The van der Waals surface area contributed by atoms with Crippen molar-refractivity contribution < 1.29 is 4.79 Å². The molecule has 0 aliphatic rings. The molecule has 20 heavy (non-hydrogen) atoms. The van der Waals surface area contributed by atoms with Crippen LogP contribution in [0, 0.1) is 0 Å². The van der Waals surface area contributed by atoms with Crippen molar-refractivity contribution in [1.29, 1.82) is 0 Å². The van der Waals surface area contributed by atoms with Crippen LogP contribution < -0.4 is 10.2 Å². The van der Waals surface area contributed by atoms with Crippen LogP contribution in [0.1, 0.15) is 10.4 Å². The van der Waals surface area contributed by atoms with E-state index in [4.69, 9.17) is 11.6 Å². The molecule has 0 aliphatic carbocycles. The van der Waals surface area contributed by atoms with E-state index in [-0.39, 0.29) is 5.91 Å². The zero-order valence-electron chi connectivity index (χ0n) is 11.0. The highest BCUT2D eigenvalue weighted by Crippen LogP contribution is 2.27. The highest BCUT2D eigenvalue weighted by atomic mass is 79.9. The quantitative estimate of drug-likeness (QED) is 0.852. The second kappa shape index (κ2) is 6.24. The number of carbonyl (C=O) groups excluding carboxylic acids is 1. The Hall–Kier alpha value is -1.59. The van der Waals surface area contributed by atoms with Gasteiger partial charge in [-0.3, -0.25) is 4.79 Å². The smallest absolute Gasteiger partial charge is 0.258 e. The fourth-order valence-corrected chi connectivity index (χ4v) is 2.48. The number of aromatic nitrogens is 1. The standard InChI is InChI=1S/C14H13BrClN3O/c1-19(2)12-6-5-9(8-11(12)16)18-14(20)10-4-3-7-17-13(10)15/h3-8H,1-2H3,(H,18,20). The lowest BCUT2D eigenvalue weighted by Crippen LogP contribution is -2.14. The topological polar surface area (TPSA) is 45.2 Å². The number of carbonyl (C=O) groups is 1. The highest BCUT2D eigenvalue weighted by Gasteiger charge is 2.11. The van der Waals surface area contributed by atoms with Crippen LogP contribution in [0.2, 0.25) is 5.02 Å². The van der Waals surface area contributed by atoms with Crippen molar-refractivity contribution in [2.45, 2.75) is 0 Å². The van der Waals surface area contributed by atoms with Crippen LogP contribution in [0.5, 0.6) is 0 Å². The monoisotopic (exact) mass is 353 g/mol. The van der Waals surface area contributed by atoms with Crippen LogP contribution >= 0.6 is 27.5 Å². The minimum Gasteiger partial charge on any atom is -0.376 e. The summed E-state index contributed by atoms with van der Waals surface area (Å²) in [6.07, 6.45) is 1.61. The van der Waals surface area contributed by atoms with Crippen molar-refractivity contribution in [3.63, 3.8) is 0 Å². The van der Waals surface area contributed by atoms with Gasteiger partial charge in [-0.15, -0.1) is 0 Å². The van der Waals surface area contributed by atoms with E-state index in [2.05, 4.69) is 26.2 Å². The third-order valence-corrected chi connectivity index (χ3v) is 3.63. The molecule has 6 heteroatoms. The fourth-order valence-electron chi connectivity index (χ4n) is 1.70. The molecule has 0 fully saturated rings. The summed E-state index contributed by atoms with van der Waals surface area (Å²) in [5.41, 5.74) is 2.01. The molecular weight excluding hydrogens is 342 g/mol. The fraction of sp³-hybridized carbons (Fsp3) is 0.143. The second-order valence-corrected chi connectivity index (χ2v) is 5.51. The molecule has 104 valence electrons. The zero-order valence-corrected chi connectivity index (χ0v) is 13.4. The molecule has 2 aromatic rings. The van der Waals surface area contributed by atoms with Gasteiger partial charge in [-0.05, 0) is 46.3 Å². The summed E-state index contributed by atoms with van der Waals surface area (Å²) in [7, 11) is 3.82. The molecule has 0 radical (unpaired) electrons. The highest BCUT2D eigenvalue weighted by molar-refractivity contribution is 9.10. The number of pyridine rings is 1. The van der Waals surface area contributed by atoms with Crippen LogP contribution in [0.4, 0.5) is 11.4 Å². The molecular formula is C14H13BrClN3O. The molecule has 1 aromatic carbocycles. The summed E-state index contributed by atoms with van der Waals surface area (Å²) in [5, 5.41) is 3.38. The molecule has 0 saturated carbocycles. The second-order valence-electron chi connectivity index (χ2n) is 4.36. The van der Waals surface area contributed by atoms with E-state index in [1.54, 1.807) is 24.4 Å². The van der Waals surface area contributed by atoms with Crippen molar-refractivity contribution in [1.82, 2.24) is 4.98 Å². The Morgan fingerprint density at radius 3 is 2.70 bits per heavy atom. The van der Waals surface area contributed by atoms with Crippen LogP contribution in [0.3, 0.4) is 0 Å². The van der Waals surface area contributed by atoms with Crippen molar-refractivity contribution in [2.75, 3.05) is 24.3 Å². The maximum atomic E-state index is 12.1. The molecule has 0 spiro atoms. The number of hydrogen-bond acceptors (Lipinski definition) is 3. The van der Waals surface area contributed by atoms with E-state index in [0.717, 1.165) is 5.69 Å². The van der Waals surface area contributed by atoms with Crippen LogP contribution in [0.25, 0.3) is 0 Å². The summed E-state index contributed by atoms with van der Waals surface area (Å²) >= 11 is 9.42. The molecule has 1 aromatic heterocycles. The van der Waals surface area contributed by atoms with Gasteiger partial charge in [-0.25, -0.2) is 4.98 Å². The van der Waals surface area contributed by atoms with Crippen molar-refractivity contribution in [3.8, 4) is 0 Å². The lowest BCUT2D eigenvalue weighted by molar-refractivity contribution is 0.102. The lowest BCUT2D eigenvalue weighted by atomic mass is 10.2. The van der Waals surface area contributed by atoms with Crippen LogP contribution in [0.15, 0.2) is 41.1 Å². The van der Waals surface area contributed by atoms with Gasteiger partial charge in [0, 0.05) is 26.0 Å². The van der Waals surface area contributed by atoms with Gasteiger partial charge >= 0.3 is 0 Å². The Morgan fingerprint density at radius 1 is 1.35 bits per heavy atom. The minimum atomic E-state index is -0.237. The summed E-state index contributed by atoms with van der Waals surface area (Å²) in [6.45, 7) is 0. The normalized spacial score (nSPS) is 10.2. The Balaban J connectivity index is 2.21. The van der Waals surface area contributed by atoms with Crippen molar-refractivity contribution in [3.05, 3.63) is 51.7 Å². The van der Waals surface area contributed by atoms with Gasteiger partial charge in [-0.2, -0.15) is 0 Å². The Kier molecular flexibility index (Phi) is 4.62. The third kappa shape index (κ3) is 3.29. The largest absolute Gasteiger partial charge is 0.376 e. The molecule has 2 rings (SSSR count). The van der Waals surface area contributed by atoms with Crippen molar-refractivity contribution >= 4 is 44.8 Å². The number of rotatable bonds is 3. The first-order chi connectivity index (χ1) is 9.49. The molecule has 4 nitrogen and oxygen atoms in total. The van der Waals surface area contributed by atoms with Gasteiger partial charge in [0.1, 0.15) is 4.60 Å². The summed E-state index contributed by atoms with van der Waals surface area (Å²) in [5.74, 6) is -0.237. The van der Waals surface area contributed by atoms with Gasteiger partial charge in [0.2, 0.25) is 0 Å². The van der Waals surface area contributed by atoms with E-state index in [0.29, 0.717) is 20.9 Å². The van der Waals surface area contributed by atoms with E-state index in [1.807, 2.05) is 31.1 Å².